The number of fused-ring (bicyclic) bond motifs is 1. The highest BCUT2D eigenvalue weighted by molar-refractivity contribution is 7.18. The fourth-order valence-corrected chi connectivity index (χ4v) is 4.30. The van der Waals surface area contributed by atoms with Crippen molar-refractivity contribution in [1.82, 2.24) is 9.97 Å². The molecule has 1 saturated heterocycles. The summed E-state index contributed by atoms with van der Waals surface area (Å²) in [5.74, 6) is 2.33. The van der Waals surface area contributed by atoms with Gasteiger partial charge in [0.25, 0.3) is 0 Å². The largest absolute Gasteiger partial charge is 0.438 e. The highest BCUT2D eigenvalue weighted by Gasteiger charge is 2.20. The fraction of sp³-hybridized carbons (Fsp3) is 0.400. The molecule has 0 saturated carbocycles. The van der Waals surface area contributed by atoms with Crippen molar-refractivity contribution in [3.8, 4) is 11.6 Å². The third kappa shape index (κ3) is 3.58. The molecule has 136 valence electrons. The molecule has 1 N–H and O–H groups in total. The van der Waals surface area contributed by atoms with Crippen LogP contribution in [-0.2, 0) is 11.3 Å². The van der Waals surface area contributed by atoms with Crippen LogP contribution >= 0.6 is 11.3 Å². The normalized spacial score (nSPS) is 15.5. The standard InChI is InChI=1S/C20H23N3O2S/c1-13-5-4-6-16(11-13)25-19-18-14(2)15(3)26-20(18)22-17(21-19)12-23-7-9-24-10-8-23/h4-6,11H,7-10,12H2,1-3H3/p+1. The zero-order valence-corrected chi connectivity index (χ0v) is 16.3. The Morgan fingerprint density at radius 1 is 1.15 bits per heavy atom. The van der Waals surface area contributed by atoms with Gasteiger partial charge in [0.05, 0.1) is 18.6 Å². The van der Waals surface area contributed by atoms with Crippen molar-refractivity contribution in [2.24, 2.45) is 0 Å². The van der Waals surface area contributed by atoms with Gasteiger partial charge in [-0.2, -0.15) is 4.98 Å². The molecule has 6 heteroatoms. The van der Waals surface area contributed by atoms with Crippen LogP contribution < -0.4 is 9.64 Å². The van der Waals surface area contributed by atoms with E-state index in [1.807, 2.05) is 18.2 Å². The lowest BCUT2D eigenvalue weighted by Crippen LogP contribution is -3.12. The number of quaternary nitrogens is 1. The molecular formula is C20H24N3O2S+. The summed E-state index contributed by atoms with van der Waals surface area (Å²) >= 11 is 1.72. The molecule has 3 aromatic rings. The SMILES string of the molecule is Cc1cccc(Oc2nc(C[NH+]3CCOCC3)nc3sc(C)c(C)c23)c1. The van der Waals surface area contributed by atoms with E-state index in [1.54, 1.807) is 11.3 Å². The zero-order chi connectivity index (χ0) is 18.1. The molecule has 0 aliphatic carbocycles. The monoisotopic (exact) mass is 370 g/mol. The maximum atomic E-state index is 6.22. The number of nitrogens with one attached hydrogen (secondary N) is 1. The smallest absolute Gasteiger partial charge is 0.231 e. The summed E-state index contributed by atoms with van der Waals surface area (Å²) in [6.07, 6.45) is 0. The predicted molar refractivity (Wildman–Crippen MR) is 103 cm³/mol. The number of ether oxygens (including phenoxy) is 2. The van der Waals surface area contributed by atoms with Gasteiger partial charge in [0.1, 0.15) is 30.2 Å². The van der Waals surface area contributed by atoms with E-state index >= 15 is 0 Å². The molecular weight excluding hydrogens is 346 g/mol. The van der Waals surface area contributed by atoms with Gasteiger partial charge in [-0.25, -0.2) is 4.98 Å². The van der Waals surface area contributed by atoms with Gasteiger partial charge < -0.3 is 14.4 Å². The Hall–Kier alpha value is -2.02. The molecule has 0 unspecified atom stereocenters. The number of nitrogens with zero attached hydrogens (tertiary/aromatic N) is 2. The number of aromatic nitrogens is 2. The van der Waals surface area contributed by atoms with Gasteiger partial charge in [0, 0.05) is 4.88 Å². The van der Waals surface area contributed by atoms with E-state index in [4.69, 9.17) is 19.4 Å². The lowest BCUT2D eigenvalue weighted by Gasteiger charge is -2.23. The molecule has 26 heavy (non-hydrogen) atoms. The minimum Gasteiger partial charge on any atom is -0.438 e. The molecule has 0 atom stereocenters. The van der Waals surface area contributed by atoms with Crippen LogP contribution in [0, 0.1) is 20.8 Å². The summed E-state index contributed by atoms with van der Waals surface area (Å²) in [7, 11) is 0. The Kier molecular flexibility index (Phi) is 4.89. The van der Waals surface area contributed by atoms with Crippen molar-refractivity contribution in [3.63, 3.8) is 0 Å². The summed E-state index contributed by atoms with van der Waals surface area (Å²) in [4.78, 5) is 13.4. The van der Waals surface area contributed by atoms with Gasteiger partial charge in [-0.05, 0) is 44.0 Å². The Labute approximate surface area is 157 Å². The van der Waals surface area contributed by atoms with Gasteiger partial charge in [-0.1, -0.05) is 12.1 Å². The van der Waals surface area contributed by atoms with Crippen LogP contribution in [0.4, 0.5) is 0 Å². The van der Waals surface area contributed by atoms with Gasteiger partial charge in [-0.3, -0.25) is 0 Å². The molecule has 0 amide bonds. The van der Waals surface area contributed by atoms with Gasteiger partial charge in [0.15, 0.2) is 5.82 Å². The fourth-order valence-electron chi connectivity index (χ4n) is 3.26. The third-order valence-electron chi connectivity index (χ3n) is 4.85. The maximum Gasteiger partial charge on any atom is 0.231 e. The summed E-state index contributed by atoms with van der Waals surface area (Å²) in [6.45, 7) is 10.7. The second-order valence-electron chi connectivity index (χ2n) is 6.87. The molecule has 2 aromatic heterocycles. The molecule has 5 nitrogen and oxygen atoms in total. The van der Waals surface area contributed by atoms with E-state index < -0.39 is 0 Å². The number of morpholine rings is 1. The highest BCUT2D eigenvalue weighted by atomic mass is 32.1. The second kappa shape index (κ2) is 7.31. The molecule has 1 fully saturated rings. The van der Waals surface area contributed by atoms with Crippen LogP contribution in [0.2, 0.25) is 0 Å². The van der Waals surface area contributed by atoms with Crippen molar-refractivity contribution in [2.45, 2.75) is 27.3 Å². The lowest BCUT2D eigenvalue weighted by atomic mass is 10.2. The predicted octanol–water partition coefficient (Wildman–Crippen LogP) is 2.82. The summed E-state index contributed by atoms with van der Waals surface area (Å²) in [6, 6.07) is 8.08. The summed E-state index contributed by atoms with van der Waals surface area (Å²) in [5.41, 5.74) is 2.38. The van der Waals surface area contributed by atoms with Gasteiger partial charge in [-0.15, -0.1) is 11.3 Å². The molecule has 1 aromatic carbocycles. The Morgan fingerprint density at radius 3 is 2.73 bits per heavy atom. The number of aryl methyl sites for hydroxylation is 3. The van der Waals surface area contributed by atoms with Crippen LogP contribution in [0.5, 0.6) is 11.6 Å². The Balaban J connectivity index is 1.72. The van der Waals surface area contributed by atoms with Crippen molar-refractivity contribution < 1.29 is 14.4 Å². The summed E-state index contributed by atoms with van der Waals surface area (Å²) < 4.78 is 11.7. The molecule has 4 rings (SSSR count). The van der Waals surface area contributed by atoms with E-state index in [2.05, 4.69) is 26.8 Å². The maximum absolute atomic E-state index is 6.22. The van der Waals surface area contributed by atoms with Crippen molar-refractivity contribution in [2.75, 3.05) is 26.3 Å². The van der Waals surface area contributed by atoms with Crippen LogP contribution in [0.15, 0.2) is 24.3 Å². The number of thiophene rings is 1. The average molecular weight is 370 g/mol. The third-order valence-corrected chi connectivity index (χ3v) is 5.96. The van der Waals surface area contributed by atoms with Crippen molar-refractivity contribution in [1.29, 1.82) is 0 Å². The topological polar surface area (TPSA) is 48.7 Å². The van der Waals surface area contributed by atoms with Gasteiger partial charge >= 0.3 is 0 Å². The Morgan fingerprint density at radius 2 is 1.96 bits per heavy atom. The zero-order valence-electron chi connectivity index (χ0n) is 15.5. The minimum atomic E-state index is 0.671. The van der Waals surface area contributed by atoms with E-state index in [1.165, 1.54) is 20.9 Å². The summed E-state index contributed by atoms with van der Waals surface area (Å²) in [5, 5.41) is 1.04. The van der Waals surface area contributed by atoms with Gasteiger partial charge in [0.2, 0.25) is 5.88 Å². The first-order valence-electron chi connectivity index (χ1n) is 9.02. The lowest BCUT2D eigenvalue weighted by molar-refractivity contribution is -0.922. The van der Waals surface area contributed by atoms with Crippen molar-refractivity contribution in [3.05, 3.63) is 46.1 Å². The first-order valence-corrected chi connectivity index (χ1v) is 9.84. The van der Waals surface area contributed by atoms with E-state index in [-0.39, 0.29) is 0 Å². The molecule has 3 heterocycles. The van der Waals surface area contributed by atoms with Crippen LogP contribution in [-0.4, -0.2) is 36.3 Å². The van der Waals surface area contributed by atoms with E-state index in [0.717, 1.165) is 54.6 Å². The van der Waals surface area contributed by atoms with Crippen LogP contribution in [0.25, 0.3) is 10.2 Å². The molecule has 1 aliphatic heterocycles. The highest BCUT2D eigenvalue weighted by Crippen LogP contribution is 2.36. The second-order valence-corrected chi connectivity index (χ2v) is 8.07. The number of hydrogen-bond donors (Lipinski definition) is 1. The van der Waals surface area contributed by atoms with Crippen molar-refractivity contribution >= 4 is 21.6 Å². The number of benzene rings is 1. The molecule has 1 aliphatic rings. The number of rotatable bonds is 4. The van der Waals surface area contributed by atoms with E-state index in [9.17, 15) is 0 Å². The Bertz CT molecular complexity index is 932. The van der Waals surface area contributed by atoms with E-state index in [0.29, 0.717) is 5.88 Å². The average Bonchev–Trinajstić information content (AvgIpc) is 2.90. The molecule has 0 bridgehead atoms. The van der Waals surface area contributed by atoms with Crippen LogP contribution in [0.1, 0.15) is 21.8 Å². The minimum absolute atomic E-state index is 0.671. The molecule has 0 radical (unpaired) electrons. The molecule has 0 spiro atoms. The quantitative estimate of drug-likeness (QED) is 0.767. The first kappa shape index (κ1) is 17.4. The number of hydrogen-bond acceptors (Lipinski definition) is 5. The van der Waals surface area contributed by atoms with Crippen LogP contribution in [0.3, 0.4) is 0 Å². The first-order chi connectivity index (χ1) is 12.6.